The Morgan fingerprint density at radius 3 is 1.72 bits per heavy atom. The molecule has 0 spiro atoms. The first-order valence-corrected chi connectivity index (χ1v) is 14.8. The standard InChI is InChI=1S/C42H26O/c1-2-12-28(13-3-1)41-35-17-6-7-18-36(35)42(30-22-23-34-33-16-8-9-20-39(33)43-40(34)26-30)38-25-29(21-24-37(38)41)32-19-10-14-27-11-4-5-15-31(27)32/h1-26H. The minimum atomic E-state index is 0.910. The normalized spacial score (nSPS) is 11.7. The van der Waals surface area contributed by atoms with Crippen molar-refractivity contribution in [3.63, 3.8) is 0 Å². The van der Waals surface area contributed by atoms with Crippen LogP contribution in [0.4, 0.5) is 0 Å². The van der Waals surface area contributed by atoms with Crippen molar-refractivity contribution in [2.24, 2.45) is 0 Å². The molecule has 200 valence electrons. The number of para-hydroxylation sites is 1. The highest BCUT2D eigenvalue weighted by molar-refractivity contribution is 6.22. The fourth-order valence-corrected chi connectivity index (χ4v) is 6.93. The van der Waals surface area contributed by atoms with Crippen molar-refractivity contribution < 1.29 is 4.42 Å². The molecule has 1 aromatic heterocycles. The third kappa shape index (κ3) is 3.72. The molecule has 8 aromatic carbocycles. The summed E-state index contributed by atoms with van der Waals surface area (Å²) in [6, 6.07) is 56.9. The predicted molar refractivity (Wildman–Crippen MR) is 183 cm³/mol. The Bertz CT molecular complexity index is 2490. The van der Waals surface area contributed by atoms with E-state index in [2.05, 4.69) is 146 Å². The first-order chi connectivity index (χ1) is 21.3. The highest BCUT2D eigenvalue weighted by atomic mass is 16.3. The maximum Gasteiger partial charge on any atom is 0.136 e. The predicted octanol–water partition coefficient (Wildman–Crippen LogP) is 12.0. The zero-order valence-electron chi connectivity index (χ0n) is 23.4. The Morgan fingerprint density at radius 1 is 0.302 bits per heavy atom. The molecule has 0 unspecified atom stereocenters. The van der Waals surface area contributed by atoms with Crippen LogP contribution >= 0.6 is 0 Å². The van der Waals surface area contributed by atoms with Gasteiger partial charge in [-0.25, -0.2) is 0 Å². The summed E-state index contributed by atoms with van der Waals surface area (Å²) in [5.74, 6) is 0. The lowest BCUT2D eigenvalue weighted by Gasteiger charge is -2.19. The van der Waals surface area contributed by atoms with Crippen LogP contribution in [0.2, 0.25) is 0 Å². The zero-order chi connectivity index (χ0) is 28.3. The highest BCUT2D eigenvalue weighted by Crippen LogP contribution is 2.46. The quantitative estimate of drug-likeness (QED) is 0.201. The van der Waals surface area contributed by atoms with Crippen LogP contribution in [0, 0.1) is 0 Å². The van der Waals surface area contributed by atoms with Crippen molar-refractivity contribution in [2.45, 2.75) is 0 Å². The molecule has 0 radical (unpaired) electrons. The molecule has 0 aliphatic rings. The Hall–Kier alpha value is -5.66. The lowest BCUT2D eigenvalue weighted by molar-refractivity contribution is 0.669. The van der Waals surface area contributed by atoms with E-state index in [1.54, 1.807) is 0 Å². The summed E-state index contributed by atoms with van der Waals surface area (Å²) < 4.78 is 6.37. The molecular formula is C42H26O. The SMILES string of the molecule is c1ccc(-c2c3ccccc3c(-c3ccc4c(c3)oc3ccccc34)c3cc(-c4cccc5ccccc45)ccc23)cc1. The van der Waals surface area contributed by atoms with Crippen LogP contribution < -0.4 is 0 Å². The van der Waals surface area contributed by atoms with Gasteiger partial charge in [0.1, 0.15) is 11.2 Å². The smallest absolute Gasteiger partial charge is 0.136 e. The molecule has 0 fully saturated rings. The van der Waals surface area contributed by atoms with E-state index in [1.165, 1.54) is 60.1 Å². The summed E-state index contributed by atoms with van der Waals surface area (Å²) in [7, 11) is 0. The van der Waals surface area contributed by atoms with Crippen LogP contribution in [0.3, 0.4) is 0 Å². The summed E-state index contributed by atoms with van der Waals surface area (Å²) >= 11 is 0. The maximum absolute atomic E-state index is 6.37. The van der Waals surface area contributed by atoms with E-state index in [1.807, 2.05) is 12.1 Å². The van der Waals surface area contributed by atoms with Gasteiger partial charge < -0.3 is 4.42 Å². The molecule has 0 atom stereocenters. The Kier molecular flexibility index (Phi) is 5.27. The molecule has 9 aromatic rings. The van der Waals surface area contributed by atoms with Crippen LogP contribution in [0.5, 0.6) is 0 Å². The molecule has 0 N–H and O–H groups in total. The van der Waals surface area contributed by atoms with Gasteiger partial charge in [-0.15, -0.1) is 0 Å². The Morgan fingerprint density at radius 2 is 0.884 bits per heavy atom. The number of hydrogen-bond acceptors (Lipinski definition) is 1. The molecule has 0 saturated carbocycles. The van der Waals surface area contributed by atoms with E-state index in [4.69, 9.17) is 4.42 Å². The summed E-state index contributed by atoms with van der Waals surface area (Å²) in [6.45, 7) is 0. The van der Waals surface area contributed by atoms with E-state index in [0.29, 0.717) is 0 Å². The van der Waals surface area contributed by atoms with Crippen molar-refractivity contribution in [2.75, 3.05) is 0 Å². The van der Waals surface area contributed by atoms with E-state index in [9.17, 15) is 0 Å². The van der Waals surface area contributed by atoms with Crippen LogP contribution in [0.25, 0.3) is 87.6 Å². The van der Waals surface area contributed by atoms with Gasteiger partial charge in [-0.2, -0.15) is 0 Å². The molecule has 0 aliphatic heterocycles. The van der Waals surface area contributed by atoms with Crippen molar-refractivity contribution >= 4 is 54.3 Å². The minimum Gasteiger partial charge on any atom is -0.456 e. The van der Waals surface area contributed by atoms with Crippen molar-refractivity contribution in [1.82, 2.24) is 0 Å². The van der Waals surface area contributed by atoms with Gasteiger partial charge in [-0.05, 0) is 90.0 Å². The molecule has 0 bridgehead atoms. The molecule has 1 heteroatoms. The van der Waals surface area contributed by atoms with Crippen LogP contribution in [0.1, 0.15) is 0 Å². The first kappa shape index (κ1) is 24.0. The molecule has 0 aliphatic carbocycles. The van der Waals surface area contributed by atoms with Crippen molar-refractivity contribution in [3.8, 4) is 33.4 Å². The Labute approximate surface area is 249 Å². The number of hydrogen-bond donors (Lipinski definition) is 0. The van der Waals surface area contributed by atoms with Crippen LogP contribution in [-0.4, -0.2) is 0 Å². The Balaban J connectivity index is 1.41. The number of furan rings is 1. The minimum absolute atomic E-state index is 0.910. The average molecular weight is 547 g/mol. The first-order valence-electron chi connectivity index (χ1n) is 14.8. The monoisotopic (exact) mass is 546 g/mol. The zero-order valence-corrected chi connectivity index (χ0v) is 23.4. The van der Waals surface area contributed by atoms with Gasteiger partial charge in [0.05, 0.1) is 0 Å². The second-order valence-electron chi connectivity index (χ2n) is 11.3. The van der Waals surface area contributed by atoms with E-state index in [0.717, 1.165) is 27.5 Å². The molecule has 1 nitrogen and oxygen atoms in total. The molecule has 1 heterocycles. The average Bonchev–Trinajstić information content (AvgIpc) is 3.45. The number of fused-ring (bicyclic) bond motifs is 6. The number of rotatable bonds is 3. The summed E-state index contributed by atoms with van der Waals surface area (Å²) in [4.78, 5) is 0. The lowest BCUT2D eigenvalue weighted by Crippen LogP contribution is -1.92. The van der Waals surface area contributed by atoms with Gasteiger partial charge in [0.25, 0.3) is 0 Å². The maximum atomic E-state index is 6.37. The van der Waals surface area contributed by atoms with Crippen LogP contribution in [0.15, 0.2) is 162 Å². The van der Waals surface area contributed by atoms with Gasteiger partial charge in [-0.1, -0.05) is 133 Å². The lowest BCUT2D eigenvalue weighted by atomic mass is 9.84. The summed E-state index contributed by atoms with van der Waals surface area (Å²) in [6.07, 6.45) is 0. The molecule has 9 rings (SSSR count). The van der Waals surface area contributed by atoms with E-state index < -0.39 is 0 Å². The molecular weight excluding hydrogens is 520 g/mol. The molecule has 0 amide bonds. The van der Waals surface area contributed by atoms with Crippen molar-refractivity contribution in [3.05, 3.63) is 158 Å². The second kappa shape index (κ2) is 9.44. The fourth-order valence-electron chi connectivity index (χ4n) is 6.93. The second-order valence-corrected chi connectivity index (χ2v) is 11.3. The summed E-state index contributed by atoms with van der Waals surface area (Å²) in [5, 5.41) is 9.77. The van der Waals surface area contributed by atoms with Crippen molar-refractivity contribution in [1.29, 1.82) is 0 Å². The fraction of sp³-hybridized carbons (Fsp3) is 0. The molecule has 0 saturated heterocycles. The summed E-state index contributed by atoms with van der Waals surface area (Å²) in [5.41, 5.74) is 9.16. The van der Waals surface area contributed by atoms with Gasteiger partial charge >= 0.3 is 0 Å². The van der Waals surface area contributed by atoms with Gasteiger partial charge in [0, 0.05) is 10.8 Å². The van der Waals surface area contributed by atoms with Gasteiger partial charge in [0.2, 0.25) is 0 Å². The third-order valence-electron chi connectivity index (χ3n) is 8.85. The van der Waals surface area contributed by atoms with Gasteiger partial charge in [-0.3, -0.25) is 0 Å². The molecule has 43 heavy (non-hydrogen) atoms. The number of benzene rings is 8. The van der Waals surface area contributed by atoms with E-state index >= 15 is 0 Å². The topological polar surface area (TPSA) is 13.1 Å². The van der Waals surface area contributed by atoms with Crippen LogP contribution in [-0.2, 0) is 0 Å². The third-order valence-corrected chi connectivity index (χ3v) is 8.85. The highest BCUT2D eigenvalue weighted by Gasteiger charge is 2.19. The van der Waals surface area contributed by atoms with E-state index in [-0.39, 0.29) is 0 Å². The largest absolute Gasteiger partial charge is 0.456 e. The van der Waals surface area contributed by atoms with Gasteiger partial charge in [0.15, 0.2) is 0 Å².